The number of unbranched alkanes of at least 4 members (excludes halogenated alkanes) is 2. The minimum Gasteiger partial charge on any atom is -0.494 e. The zero-order chi connectivity index (χ0) is 17.4. The van der Waals surface area contributed by atoms with Crippen LogP contribution in [-0.2, 0) is 0 Å². The number of benzene rings is 2. The van der Waals surface area contributed by atoms with E-state index in [1.165, 1.54) is 12.1 Å². The van der Waals surface area contributed by atoms with Crippen LogP contribution < -0.4 is 9.47 Å². The molecular formula is C19H20O5. The molecule has 5 nitrogen and oxygen atoms in total. The number of aromatic carboxylic acids is 1. The molecule has 1 N–H and O–H groups in total. The van der Waals surface area contributed by atoms with Gasteiger partial charge in [-0.05, 0) is 42.8 Å². The van der Waals surface area contributed by atoms with Crippen LogP contribution >= 0.6 is 0 Å². The number of carbonyl (C=O) groups is 2. The van der Waals surface area contributed by atoms with E-state index in [1.54, 1.807) is 36.4 Å². The van der Waals surface area contributed by atoms with Gasteiger partial charge in [0.05, 0.1) is 12.2 Å². The predicted octanol–water partition coefficient (Wildman–Crippen LogP) is 4.17. The lowest BCUT2D eigenvalue weighted by Gasteiger charge is -2.08. The Morgan fingerprint density at radius 2 is 1.71 bits per heavy atom. The summed E-state index contributed by atoms with van der Waals surface area (Å²) in [5.41, 5.74) is 0.276. The third-order valence-electron chi connectivity index (χ3n) is 3.43. The van der Waals surface area contributed by atoms with E-state index in [4.69, 9.17) is 14.6 Å². The molecule has 0 aliphatic rings. The summed E-state index contributed by atoms with van der Waals surface area (Å²) in [6.07, 6.45) is 3.24. The van der Waals surface area contributed by atoms with E-state index in [9.17, 15) is 9.59 Å². The number of esters is 1. The van der Waals surface area contributed by atoms with Gasteiger partial charge < -0.3 is 14.6 Å². The fourth-order valence-corrected chi connectivity index (χ4v) is 2.12. The van der Waals surface area contributed by atoms with Crippen LogP contribution in [0.5, 0.6) is 11.5 Å². The molecule has 0 aliphatic carbocycles. The summed E-state index contributed by atoms with van der Waals surface area (Å²) >= 11 is 0. The predicted molar refractivity (Wildman–Crippen MR) is 89.8 cm³/mol. The Bertz CT molecular complexity index is 691. The van der Waals surface area contributed by atoms with Crippen molar-refractivity contribution in [1.82, 2.24) is 0 Å². The van der Waals surface area contributed by atoms with Crippen LogP contribution in [0.25, 0.3) is 0 Å². The first-order chi connectivity index (χ1) is 11.6. The van der Waals surface area contributed by atoms with E-state index in [2.05, 4.69) is 6.92 Å². The van der Waals surface area contributed by atoms with Gasteiger partial charge in [-0.15, -0.1) is 0 Å². The number of carboxylic acids is 1. The number of para-hydroxylation sites is 1. The number of carbonyl (C=O) groups excluding carboxylic acids is 1. The van der Waals surface area contributed by atoms with Crippen LogP contribution in [0.3, 0.4) is 0 Å². The smallest absolute Gasteiger partial charge is 0.343 e. The molecule has 0 aliphatic heterocycles. The van der Waals surface area contributed by atoms with Crippen molar-refractivity contribution in [1.29, 1.82) is 0 Å². The van der Waals surface area contributed by atoms with Crippen molar-refractivity contribution in [2.45, 2.75) is 26.2 Å². The quantitative estimate of drug-likeness (QED) is 0.447. The van der Waals surface area contributed by atoms with Crippen molar-refractivity contribution in [2.75, 3.05) is 6.61 Å². The van der Waals surface area contributed by atoms with E-state index in [0.717, 1.165) is 19.3 Å². The van der Waals surface area contributed by atoms with E-state index in [1.807, 2.05) is 0 Å². The van der Waals surface area contributed by atoms with Crippen molar-refractivity contribution in [2.24, 2.45) is 0 Å². The van der Waals surface area contributed by atoms with Gasteiger partial charge in [0.2, 0.25) is 0 Å². The van der Waals surface area contributed by atoms with Gasteiger partial charge in [0.15, 0.2) is 0 Å². The van der Waals surface area contributed by atoms with Crippen LogP contribution in [-0.4, -0.2) is 23.7 Å². The highest BCUT2D eigenvalue weighted by Gasteiger charge is 2.15. The van der Waals surface area contributed by atoms with Gasteiger partial charge >= 0.3 is 11.9 Å². The molecule has 24 heavy (non-hydrogen) atoms. The van der Waals surface area contributed by atoms with Gasteiger partial charge in [-0.3, -0.25) is 0 Å². The molecular weight excluding hydrogens is 308 g/mol. The molecule has 0 saturated carbocycles. The third kappa shape index (κ3) is 4.84. The molecule has 0 unspecified atom stereocenters. The average Bonchev–Trinajstić information content (AvgIpc) is 2.59. The molecule has 0 bridgehead atoms. The molecule has 2 aromatic rings. The van der Waals surface area contributed by atoms with Crippen molar-refractivity contribution >= 4 is 11.9 Å². The van der Waals surface area contributed by atoms with Crippen LogP contribution in [0.1, 0.15) is 46.9 Å². The molecule has 0 aromatic heterocycles. The van der Waals surface area contributed by atoms with Crippen molar-refractivity contribution in [3.8, 4) is 11.5 Å². The summed E-state index contributed by atoms with van der Waals surface area (Å²) in [6.45, 7) is 2.77. The maximum Gasteiger partial charge on any atom is 0.343 e. The summed E-state index contributed by atoms with van der Waals surface area (Å²) in [5.74, 6) is -1.04. The van der Waals surface area contributed by atoms with Crippen LogP contribution in [0.15, 0.2) is 48.5 Å². The van der Waals surface area contributed by atoms with Crippen molar-refractivity contribution in [3.63, 3.8) is 0 Å². The highest BCUT2D eigenvalue weighted by atomic mass is 16.5. The monoisotopic (exact) mass is 328 g/mol. The first-order valence-corrected chi connectivity index (χ1v) is 7.89. The third-order valence-corrected chi connectivity index (χ3v) is 3.43. The topological polar surface area (TPSA) is 72.8 Å². The highest BCUT2D eigenvalue weighted by molar-refractivity contribution is 5.95. The Morgan fingerprint density at radius 1 is 1.00 bits per heavy atom. The van der Waals surface area contributed by atoms with Gasteiger partial charge in [0.25, 0.3) is 0 Å². The molecule has 2 aromatic carbocycles. The summed E-state index contributed by atoms with van der Waals surface area (Å²) in [6, 6.07) is 12.6. The Balaban J connectivity index is 1.99. The SMILES string of the molecule is CCCCCOc1ccc(C(=O)Oc2ccccc2C(=O)O)cc1. The molecule has 0 saturated heterocycles. The molecule has 126 valence electrons. The number of rotatable bonds is 8. The first-order valence-electron chi connectivity index (χ1n) is 7.89. The number of hydrogen-bond acceptors (Lipinski definition) is 4. The van der Waals surface area contributed by atoms with Gasteiger partial charge in [-0.1, -0.05) is 31.9 Å². The van der Waals surface area contributed by atoms with Crippen molar-refractivity contribution < 1.29 is 24.2 Å². The second-order valence-corrected chi connectivity index (χ2v) is 5.27. The number of ether oxygens (including phenoxy) is 2. The summed E-state index contributed by atoms with van der Waals surface area (Å²) in [5, 5.41) is 9.10. The normalized spacial score (nSPS) is 10.2. The van der Waals surface area contributed by atoms with E-state index < -0.39 is 11.9 Å². The van der Waals surface area contributed by atoms with E-state index >= 15 is 0 Å². The maximum atomic E-state index is 12.1. The molecule has 0 radical (unpaired) electrons. The molecule has 2 rings (SSSR count). The van der Waals surface area contributed by atoms with E-state index in [0.29, 0.717) is 17.9 Å². The van der Waals surface area contributed by atoms with Crippen LogP contribution in [0.4, 0.5) is 0 Å². The zero-order valence-electron chi connectivity index (χ0n) is 13.5. The Kier molecular flexibility index (Phi) is 6.37. The lowest BCUT2D eigenvalue weighted by molar-refractivity contribution is 0.0681. The minimum absolute atomic E-state index is 0.0230. The van der Waals surface area contributed by atoms with E-state index in [-0.39, 0.29) is 11.3 Å². The van der Waals surface area contributed by atoms with Crippen LogP contribution in [0.2, 0.25) is 0 Å². The minimum atomic E-state index is -1.14. The Morgan fingerprint density at radius 3 is 2.38 bits per heavy atom. The fraction of sp³-hybridized carbons (Fsp3) is 0.263. The average molecular weight is 328 g/mol. The maximum absolute atomic E-state index is 12.1. The highest BCUT2D eigenvalue weighted by Crippen LogP contribution is 2.20. The Labute approximate surface area is 140 Å². The Hall–Kier alpha value is -2.82. The van der Waals surface area contributed by atoms with Gasteiger partial charge in [-0.2, -0.15) is 0 Å². The zero-order valence-corrected chi connectivity index (χ0v) is 13.5. The lowest BCUT2D eigenvalue weighted by atomic mass is 10.2. The molecule has 5 heteroatoms. The van der Waals surface area contributed by atoms with Crippen molar-refractivity contribution in [3.05, 3.63) is 59.7 Å². The standard InChI is InChI=1S/C19H20O5/c1-2-3-6-13-23-15-11-9-14(10-12-15)19(22)24-17-8-5-4-7-16(17)18(20)21/h4-5,7-12H,2-3,6,13H2,1H3,(H,20,21). The first kappa shape index (κ1) is 17.5. The summed E-state index contributed by atoms with van der Waals surface area (Å²) < 4.78 is 10.8. The molecule has 0 amide bonds. The largest absolute Gasteiger partial charge is 0.494 e. The van der Waals surface area contributed by atoms with Gasteiger partial charge in [-0.25, -0.2) is 9.59 Å². The fourth-order valence-electron chi connectivity index (χ4n) is 2.12. The summed E-state index contributed by atoms with van der Waals surface area (Å²) in [4.78, 5) is 23.3. The second-order valence-electron chi connectivity index (χ2n) is 5.27. The number of hydrogen-bond donors (Lipinski definition) is 1. The van der Waals surface area contributed by atoms with Crippen LogP contribution in [0, 0.1) is 0 Å². The second kappa shape index (κ2) is 8.72. The number of carboxylic acid groups (broad SMARTS) is 1. The summed E-state index contributed by atoms with van der Waals surface area (Å²) in [7, 11) is 0. The molecule has 0 fully saturated rings. The molecule has 0 heterocycles. The molecule has 0 atom stereocenters. The lowest BCUT2D eigenvalue weighted by Crippen LogP contribution is -2.11. The molecule has 0 spiro atoms. The van der Waals surface area contributed by atoms with Gasteiger partial charge in [0.1, 0.15) is 17.1 Å². The van der Waals surface area contributed by atoms with Gasteiger partial charge in [0, 0.05) is 0 Å².